The quantitative estimate of drug-likeness (QED) is 0.788. The smallest absolute Gasteiger partial charge is 0.317 e. The lowest BCUT2D eigenvalue weighted by Gasteiger charge is -2.17. The van der Waals surface area contributed by atoms with Crippen LogP contribution in [-0.2, 0) is 21.5 Å². The van der Waals surface area contributed by atoms with Gasteiger partial charge in [-0.15, -0.1) is 10.2 Å². The van der Waals surface area contributed by atoms with Gasteiger partial charge in [-0.05, 0) is 0 Å². The van der Waals surface area contributed by atoms with Crippen LogP contribution < -0.4 is 0 Å². The fraction of sp³-hybridized carbons (Fsp3) is 0.750. The Labute approximate surface area is 112 Å². The Morgan fingerprint density at radius 1 is 1.42 bits per heavy atom. The highest BCUT2D eigenvalue weighted by Crippen LogP contribution is 2.20. The summed E-state index contributed by atoms with van der Waals surface area (Å²) in [7, 11) is 1.57. The van der Waals surface area contributed by atoms with Gasteiger partial charge in [0.25, 0.3) is 0 Å². The summed E-state index contributed by atoms with van der Waals surface area (Å²) in [5.74, 6) is 0.0680. The molecule has 108 valence electrons. The largest absolute Gasteiger partial charge is 0.480 e. The summed E-state index contributed by atoms with van der Waals surface area (Å²) in [4.78, 5) is 12.5. The number of aliphatic carboxylic acids is 1. The molecule has 0 radical (unpaired) electrons. The Morgan fingerprint density at radius 3 is 2.58 bits per heavy atom. The van der Waals surface area contributed by atoms with E-state index in [1.807, 2.05) is 20.8 Å². The third-order valence-corrected chi connectivity index (χ3v) is 2.44. The van der Waals surface area contributed by atoms with Gasteiger partial charge in [0.15, 0.2) is 0 Å². The van der Waals surface area contributed by atoms with Crippen LogP contribution in [0.3, 0.4) is 0 Å². The maximum absolute atomic E-state index is 10.8. The van der Waals surface area contributed by atoms with Crippen molar-refractivity contribution in [1.29, 1.82) is 0 Å². The number of hydrogen-bond donors (Lipinski definition) is 1. The van der Waals surface area contributed by atoms with Crippen molar-refractivity contribution < 1.29 is 19.1 Å². The Kier molecular flexibility index (Phi) is 5.44. The molecule has 1 heterocycles. The van der Waals surface area contributed by atoms with Crippen LogP contribution in [0.25, 0.3) is 0 Å². The standard InChI is InChI=1S/C12H21N3O4/c1-12(2,3)11-14-13-9(19-11)7-15(5-6-18-4)8-10(16)17/h5-8H2,1-4H3,(H,16,17). The minimum atomic E-state index is -0.897. The highest BCUT2D eigenvalue weighted by molar-refractivity contribution is 5.69. The number of aromatic nitrogens is 2. The third-order valence-electron chi connectivity index (χ3n) is 2.44. The second kappa shape index (κ2) is 6.63. The molecule has 0 unspecified atom stereocenters. The minimum Gasteiger partial charge on any atom is -0.480 e. The molecule has 0 saturated heterocycles. The van der Waals surface area contributed by atoms with Crippen molar-refractivity contribution in [3.63, 3.8) is 0 Å². The first-order valence-electron chi connectivity index (χ1n) is 6.09. The number of carbonyl (C=O) groups is 1. The van der Waals surface area contributed by atoms with E-state index in [2.05, 4.69) is 10.2 Å². The molecule has 1 N–H and O–H groups in total. The van der Waals surface area contributed by atoms with Crippen LogP contribution in [0.15, 0.2) is 4.42 Å². The van der Waals surface area contributed by atoms with Gasteiger partial charge in [-0.2, -0.15) is 0 Å². The van der Waals surface area contributed by atoms with Crippen LogP contribution in [0.4, 0.5) is 0 Å². The number of carboxylic acid groups (broad SMARTS) is 1. The van der Waals surface area contributed by atoms with Crippen molar-refractivity contribution in [2.24, 2.45) is 0 Å². The zero-order valence-electron chi connectivity index (χ0n) is 11.8. The Balaban J connectivity index is 2.67. The van der Waals surface area contributed by atoms with Crippen LogP contribution in [0, 0.1) is 0 Å². The van der Waals surface area contributed by atoms with E-state index >= 15 is 0 Å². The molecule has 0 amide bonds. The van der Waals surface area contributed by atoms with Gasteiger partial charge in [0.05, 0.1) is 19.7 Å². The van der Waals surface area contributed by atoms with E-state index in [1.165, 1.54) is 0 Å². The van der Waals surface area contributed by atoms with Crippen LogP contribution in [0.5, 0.6) is 0 Å². The van der Waals surface area contributed by atoms with E-state index in [1.54, 1.807) is 12.0 Å². The number of rotatable bonds is 7. The molecule has 0 aromatic carbocycles. The highest BCUT2D eigenvalue weighted by atomic mass is 16.5. The van der Waals surface area contributed by atoms with Crippen LogP contribution in [-0.4, -0.2) is 53.0 Å². The average Bonchev–Trinajstić information content (AvgIpc) is 2.73. The molecule has 0 bridgehead atoms. The van der Waals surface area contributed by atoms with Crippen molar-refractivity contribution in [2.45, 2.75) is 32.7 Å². The monoisotopic (exact) mass is 271 g/mol. The lowest BCUT2D eigenvalue weighted by Crippen LogP contribution is -2.32. The minimum absolute atomic E-state index is 0.0867. The number of nitrogens with zero attached hydrogens (tertiary/aromatic N) is 3. The van der Waals surface area contributed by atoms with Crippen molar-refractivity contribution in [3.8, 4) is 0 Å². The second-order valence-electron chi connectivity index (χ2n) is 5.35. The van der Waals surface area contributed by atoms with Gasteiger partial charge >= 0.3 is 5.97 Å². The molecule has 1 rings (SSSR count). The van der Waals surface area contributed by atoms with Gasteiger partial charge in [-0.1, -0.05) is 20.8 Å². The molecule has 0 atom stereocenters. The second-order valence-corrected chi connectivity index (χ2v) is 5.35. The molecule has 7 nitrogen and oxygen atoms in total. The predicted molar refractivity (Wildman–Crippen MR) is 67.8 cm³/mol. The first-order valence-corrected chi connectivity index (χ1v) is 6.09. The molecule has 19 heavy (non-hydrogen) atoms. The van der Waals surface area contributed by atoms with Gasteiger partial charge in [-0.3, -0.25) is 9.69 Å². The fourth-order valence-corrected chi connectivity index (χ4v) is 1.44. The van der Waals surface area contributed by atoms with Gasteiger partial charge in [0, 0.05) is 19.1 Å². The molecular weight excluding hydrogens is 250 g/mol. The van der Waals surface area contributed by atoms with Crippen LogP contribution >= 0.6 is 0 Å². The normalized spacial score (nSPS) is 12.1. The average molecular weight is 271 g/mol. The zero-order chi connectivity index (χ0) is 14.5. The summed E-state index contributed by atoms with van der Waals surface area (Å²) in [5.41, 5.74) is -0.213. The van der Waals surface area contributed by atoms with E-state index in [4.69, 9.17) is 14.3 Å². The van der Waals surface area contributed by atoms with Crippen LogP contribution in [0.2, 0.25) is 0 Å². The molecule has 1 aromatic heterocycles. The molecule has 0 aliphatic heterocycles. The van der Waals surface area contributed by atoms with Gasteiger partial charge < -0.3 is 14.3 Å². The fourth-order valence-electron chi connectivity index (χ4n) is 1.44. The summed E-state index contributed by atoms with van der Waals surface area (Å²) >= 11 is 0. The molecule has 7 heteroatoms. The molecule has 1 aromatic rings. The summed E-state index contributed by atoms with van der Waals surface area (Å²) in [6.45, 7) is 7.09. The topological polar surface area (TPSA) is 88.7 Å². The van der Waals surface area contributed by atoms with Crippen molar-refractivity contribution >= 4 is 5.97 Å². The predicted octanol–water partition coefficient (Wildman–Crippen LogP) is 0.900. The summed E-state index contributed by atoms with van der Waals surface area (Å²) in [5, 5.41) is 16.8. The number of hydrogen-bond acceptors (Lipinski definition) is 6. The molecule has 0 aliphatic carbocycles. The van der Waals surface area contributed by atoms with Crippen molar-refractivity contribution in [2.75, 3.05) is 26.8 Å². The summed E-state index contributed by atoms with van der Waals surface area (Å²) in [6, 6.07) is 0. The molecule has 0 fully saturated rings. The molecule has 0 saturated carbocycles. The molecule has 0 spiro atoms. The third kappa shape index (κ3) is 5.35. The Bertz CT molecular complexity index is 411. The highest BCUT2D eigenvalue weighted by Gasteiger charge is 2.22. The molecule has 0 aliphatic rings. The van der Waals surface area contributed by atoms with E-state index in [0.717, 1.165) is 0 Å². The number of carboxylic acids is 1. The van der Waals surface area contributed by atoms with Crippen LogP contribution in [0.1, 0.15) is 32.6 Å². The Hall–Kier alpha value is -1.47. The molecular formula is C12H21N3O4. The van der Waals surface area contributed by atoms with Crippen molar-refractivity contribution in [3.05, 3.63) is 11.8 Å². The lowest BCUT2D eigenvalue weighted by atomic mass is 9.97. The van der Waals surface area contributed by atoms with Crippen molar-refractivity contribution in [1.82, 2.24) is 15.1 Å². The van der Waals surface area contributed by atoms with E-state index in [9.17, 15) is 4.79 Å². The summed E-state index contributed by atoms with van der Waals surface area (Å²) < 4.78 is 10.5. The number of methoxy groups -OCH3 is 1. The Morgan fingerprint density at radius 2 is 2.11 bits per heavy atom. The van der Waals surface area contributed by atoms with E-state index < -0.39 is 5.97 Å². The summed E-state index contributed by atoms with van der Waals surface area (Å²) in [6.07, 6.45) is 0. The first-order chi connectivity index (χ1) is 8.82. The SMILES string of the molecule is COCCN(CC(=O)O)Cc1nnc(C(C)(C)C)o1. The van der Waals surface area contributed by atoms with Gasteiger partial charge in [0.2, 0.25) is 11.8 Å². The lowest BCUT2D eigenvalue weighted by molar-refractivity contribution is -0.138. The maximum Gasteiger partial charge on any atom is 0.317 e. The van der Waals surface area contributed by atoms with Gasteiger partial charge in [0.1, 0.15) is 0 Å². The zero-order valence-corrected chi connectivity index (χ0v) is 11.8. The van der Waals surface area contributed by atoms with E-state index in [-0.39, 0.29) is 12.0 Å². The van der Waals surface area contributed by atoms with Gasteiger partial charge in [-0.25, -0.2) is 0 Å². The number of ether oxygens (including phenoxy) is 1. The first kappa shape index (κ1) is 15.6. The van der Waals surface area contributed by atoms with E-state index in [0.29, 0.717) is 31.5 Å². The maximum atomic E-state index is 10.8.